The van der Waals surface area contributed by atoms with Crippen molar-refractivity contribution in [3.05, 3.63) is 29.3 Å². The maximum Gasteiger partial charge on any atom is 0.237 e. The molecule has 0 unspecified atom stereocenters. The molecule has 1 aliphatic heterocycles. The predicted octanol–water partition coefficient (Wildman–Crippen LogP) is 1.55. The molecule has 2 N–H and O–H groups in total. The lowest BCUT2D eigenvalue weighted by Gasteiger charge is -2.12. The zero-order valence-electron chi connectivity index (χ0n) is 11.7. The van der Waals surface area contributed by atoms with Gasteiger partial charge in [-0.05, 0) is 56.5 Å². The lowest BCUT2D eigenvalue weighted by atomic mass is 10.1. The van der Waals surface area contributed by atoms with Gasteiger partial charge in [0.25, 0.3) is 0 Å². The minimum Gasteiger partial charge on any atom is -0.492 e. The van der Waals surface area contributed by atoms with E-state index in [-0.39, 0.29) is 11.9 Å². The molecule has 1 fully saturated rings. The maximum absolute atomic E-state index is 11.7. The van der Waals surface area contributed by atoms with E-state index in [1.165, 1.54) is 11.1 Å². The van der Waals surface area contributed by atoms with Gasteiger partial charge in [0.2, 0.25) is 5.91 Å². The molecule has 1 aromatic carbocycles. The van der Waals surface area contributed by atoms with Crippen molar-refractivity contribution in [2.45, 2.75) is 32.7 Å². The molecule has 19 heavy (non-hydrogen) atoms. The number of carbonyl (C=O) groups is 1. The Bertz CT molecular complexity index is 440. The van der Waals surface area contributed by atoms with Gasteiger partial charge in [0.15, 0.2) is 0 Å². The van der Waals surface area contributed by atoms with Crippen LogP contribution in [0.15, 0.2) is 18.2 Å². The molecular weight excluding hydrogens is 240 g/mol. The Hall–Kier alpha value is -1.55. The number of amides is 1. The Balaban J connectivity index is 1.68. The number of hydrogen-bond donors (Lipinski definition) is 2. The van der Waals surface area contributed by atoms with Gasteiger partial charge < -0.3 is 15.4 Å². The topological polar surface area (TPSA) is 50.4 Å². The molecule has 1 heterocycles. The summed E-state index contributed by atoms with van der Waals surface area (Å²) in [5.74, 6) is 0.942. The van der Waals surface area contributed by atoms with E-state index in [1.807, 2.05) is 18.2 Å². The van der Waals surface area contributed by atoms with E-state index in [2.05, 4.69) is 24.5 Å². The van der Waals surface area contributed by atoms with Crippen LogP contribution in [0.2, 0.25) is 0 Å². The van der Waals surface area contributed by atoms with E-state index in [9.17, 15) is 4.79 Å². The van der Waals surface area contributed by atoms with Crippen molar-refractivity contribution < 1.29 is 9.53 Å². The fraction of sp³-hybridized carbons (Fsp3) is 0.533. The van der Waals surface area contributed by atoms with Crippen LogP contribution in [0.1, 0.15) is 24.0 Å². The zero-order valence-corrected chi connectivity index (χ0v) is 11.7. The van der Waals surface area contributed by atoms with E-state index in [4.69, 9.17) is 4.74 Å². The highest BCUT2D eigenvalue weighted by Crippen LogP contribution is 2.16. The van der Waals surface area contributed by atoms with E-state index in [0.29, 0.717) is 13.2 Å². The van der Waals surface area contributed by atoms with Gasteiger partial charge in [-0.1, -0.05) is 6.07 Å². The van der Waals surface area contributed by atoms with Gasteiger partial charge >= 0.3 is 0 Å². The molecule has 0 aromatic heterocycles. The Morgan fingerprint density at radius 2 is 2.26 bits per heavy atom. The van der Waals surface area contributed by atoms with E-state index in [0.717, 1.165) is 25.1 Å². The monoisotopic (exact) mass is 262 g/mol. The zero-order chi connectivity index (χ0) is 13.7. The molecule has 1 atom stereocenters. The average molecular weight is 262 g/mol. The van der Waals surface area contributed by atoms with Crippen molar-refractivity contribution in [1.82, 2.24) is 10.6 Å². The van der Waals surface area contributed by atoms with Crippen molar-refractivity contribution in [3.63, 3.8) is 0 Å². The summed E-state index contributed by atoms with van der Waals surface area (Å²) in [6.07, 6.45) is 2.01. The number of ether oxygens (including phenoxy) is 1. The molecule has 0 radical (unpaired) electrons. The summed E-state index contributed by atoms with van der Waals surface area (Å²) >= 11 is 0. The molecule has 0 saturated carbocycles. The van der Waals surface area contributed by atoms with Crippen LogP contribution >= 0.6 is 0 Å². The fourth-order valence-electron chi connectivity index (χ4n) is 2.18. The highest BCUT2D eigenvalue weighted by atomic mass is 16.5. The summed E-state index contributed by atoms with van der Waals surface area (Å²) in [6.45, 7) is 6.13. The van der Waals surface area contributed by atoms with Crippen molar-refractivity contribution >= 4 is 5.91 Å². The third kappa shape index (κ3) is 3.96. The first kappa shape index (κ1) is 13.9. The SMILES string of the molecule is Cc1ccc(OCCNC(=O)[C@@H]2CCCN2)cc1C. The molecule has 1 aliphatic rings. The smallest absolute Gasteiger partial charge is 0.237 e. The van der Waals surface area contributed by atoms with Gasteiger partial charge in [0.05, 0.1) is 12.6 Å². The van der Waals surface area contributed by atoms with Crippen LogP contribution in [0.3, 0.4) is 0 Å². The van der Waals surface area contributed by atoms with Gasteiger partial charge in [-0.15, -0.1) is 0 Å². The van der Waals surface area contributed by atoms with Crippen LogP contribution in [-0.4, -0.2) is 31.6 Å². The molecule has 1 aromatic rings. The fourth-order valence-corrected chi connectivity index (χ4v) is 2.18. The minimum absolute atomic E-state index is 0.0124. The Morgan fingerprint density at radius 1 is 1.42 bits per heavy atom. The van der Waals surface area contributed by atoms with Crippen LogP contribution in [0.4, 0.5) is 0 Å². The van der Waals surface area contributed by atoms with E-state index >= 15 is 0 Å². The van der Waals surface area contributed by atoms with Crippen molar-refractivity contribution in [3.8, 4) is 5.75 Å². The van der Waals surface area contributed by atoms with Crippen molar-refractivity contribution in [1.29, 1.82) is 0 Å². The van der Waals surface area contributed by atoms with Crippen LogP contribution < -0.4 is 15.4 Å². The standard InChI is InChI=1S/C15H22N2O2/c1-11-5-6-13(10-12(11)2)19-9-8-17-15(18)14-4-3-7-16-14/h5-6,10,14,16H,3-4,7-9H2,1-2H3,(H,17,18)/t14-/m0/s1. The number of nitrogens with one attached hydrogen (secondary N) is 2. The molecule has 0 spiro atoms. The van der Waals surface area contributed by atoms with Gasteiger partial charge in [-0.3, -0.25) is 4.79 Å². The second kappa shape index (κ2) is 6.57. The Morgan fingerprint density at radius 3 is 2.95 bits per heavy atom. The first-order valence-corrected chi connectivity index (χ1v) is 6.88. The number of rotatable bonds is 5. The van der Waals surface area contributed by atoms with Crippen molar-refractivity contribution in [2.24, 2.45) is 0 Å². The van der Waals surface area contributed by atoms with Crippen LogP contribution in [0, 0.1) is 13.8 Å². The lowest BCUT2D eigenvalue weighted by Crippen LogP contribution is -2.41. The van der Waals surface area contributed by atoms with E-state index in [1.54, 1.807) is 0 Å². The van der Waals surface area contributed by atoms with Crippen LogP contribution in [-0.2, 0) is 4.79 Å². The third-order valence-corrected chi connectivity index (χ3v) is 3.53. The van der Waals surface area contributed by atoms with Gasteiger partial charge in [-0.25, -0.2) is 0 Å². The Kier molecular flexibility index (Phi) is 4.80. The quantitative estimate of drug-likeness (QED) is 0.792. The summed E-state index contributed by atoms with van der Waals surface area (Å²) in [4.78, 5) is 11.7. The van der Waals surface area contributed by atoms with Crippen LogP contribution in [0.25, 0.3) is 0 Å². The molecular formula is C15H22N2O2. The number of carbonyl (C=O) groups excluding carboxylic acids is 1. The lowest BCUT2D eigenvalue weighted by molar-refractivity contribution is -0.122. The normalized spacial score (nSPS) is 18.3. The maximum atomic E-state index is 11.7. The highest BCUT2D eigenvalue weighted by Gasteiger charge is 2.21. The summed E-state index contributed by atoms with van der Waals surface area (Å²) < 4.78 is 5.62. The summed E-state index contributed by atoms with van der Waals surface area (Å²) in [5, 5.41) is 6.07. The molecule has 0 aliphatic carbocycles. The second-order valence-electron chi connectivity index (χ2n) is 5.03. The first-order chi connectivity index (χ1) is 9.16. The Labute approximate surface area is 114 Å². The summed E-state index contributed by atoms with van der Waals surface area (Å²) in [5.41, 5.74) is 2.48. The molecule has 1 amide bonds. The van der Waals surface area contributed by atoms with Crippen LogP contribution in [0.5, 0.6) is 5.75 Å². The van der Waals surface area contributed by atoms with Gasteiger partial charge in [0.1, 0.15) is 12.4 Å². The first-order valence-electron chi connectivity index (χ1n) is 6.88. The molecule has 0 bridgehead atoms. The minimum atomic E-state index is -0.0124. The molecule has 1 saturated heterocycles. The molecule has 4 nitrogen and oxygen atoms in total. The summed E-state index contributed by atoms with van der Waals surface area (Å²) in [6, 6.07) is 6.02. The van der Waals surface area contributed by atoms with Crippen molar-refractivity contribution in [2.75, 3.05) is 19.7 Å². The highest BCUT2D eigenvalue weighted by molar-refractivity contribution is 5.81. The van der Waals surface area contributed by atoms with Gasteiger partial charge in [-0.2, -0.15) is 0 Å². The number of benzene rings is 1. The van der Waals surface area contributed by atoms with Gasteiger partial charge in [0, 0.05) is 0 Å². The molecule has 104 valence electrons. The second-order valence-corrected chi connectivity index (χ2v) is 5.03. The molecule has 4 heteroatoms. The number of aryl methyl sites for hydroxylation is 2. The molecule has 2 rings (SSSR count). The predicted molar refractivity (Wildman–Crippen MR) is 75.4 cm³/mol. The van der Waals surface area contributed by atoms with E-state index < -0.39 is 0 Å². The largest absolute Gasteiger partial charge is 0.492 e. The summed E-state index contributed by atoms with van der Waals surface area (Å²) in [7, 11) is 0. The number of hydrogen-bond acceptors (Lipinski definition) is 3. The average Bonchev–Trinajstić information content (AvgIpc) is 2.92. The third-order valence-electron chi connectivity index (χ3n) is 3.53.